The number of halogens is 1. The van der Waals surface area contributed by atoms with Crippen LogP contribution in [-0.4, -0.2) is 54.4 Å². The molecule has 126 valence electrons. The Morgan fingerprint density at radius 1 is 1.29 bits per heavy atom. The van der Waals surface area contributed by atoms with Gasteiger partial charge in [0.25, 0.3) is 5.91 Å². The fourth-order valence-electron chi connectivity index (χ4n) is 3.80. The van der Waals surface area contributed by atoms with Gasteiger partial charge in [-0.1, -0.05) is 11.6 Å². The second kappa shape index (κ2) is 5.81. The molecule has 4 aliphatic rings. The summed E-state index contributed by atoms with van der Waals surface area (Å²) in [5.41, 5.74) is 1.43. The Morgan fingerprint density at radius 3 is 2.96 bits per heavy atom. The van der Waals surface area contributed by atoms with E-state index in [1.807, 2.05) is 29.0 Å². The van der Waals surface area contributed by atoms with Crippen LogP contribution in [0.15, 0.2) is 23.8 Å². The topological polar surface area (TPSA) is 49.9 Å². The van der Waals surface area contributed by atoms with Crippen molar-refractivity contribution in [1.29, 1.82) is 0 Å². The Labute approximate surface area is 145 Å². The fraction of sp³-hybridized carbons (Fsp3) is 0.444. The van der Waals surface area contributed by atoms with Crippen molar-refractivity contribution >= 4 is 29.5 Å². The van der Waals surface area contributed by atoms with Crippen molar-refractivity contribution < 1.29 is 14.3 Å². The summed E-state index contributed by atoms with van der Waals surface area (Å²) in [7, 11) is 1.84. The third-order valence-corrected chi connectivity index (χ3v) is 5.45. The molecule has 4 heterocycles. The molecule has 3 fully saturated rings. The van der Waals surface area contributed by atoms with Gasteiger partial charge in [0.05, 0.1) is 11.5 Å². The first kappa shape index (κ1) is 15.5. The molecule has 1 aromatic rings. The summed E-state index contributed by atoms with van der Waals surface area (Å²) in [6.07, 6.45) is 3.68. The van der Waals surface area contributed by atoms with E-state index in [2.05, 4.69) is 0 Å². The lowest BCUT2D eigenvalue weighted by atomic mass is 9.95. The quantitative estimate of drug-likeness (QED) is 0.783. The number of amides is 2. The van der Waals surface area contributed by atoms with Crippen molar-refractivity contribution in [1.82, 2.24) is 9.80 Å². The summed E-state index contributed by atoms with van der Waals surface area (Å²) in [5.74, 6) is 0.777. The minimum absolute atomic E-state index is 0.0411. The number of carbonyl (C=O) groups is 2. The van der Waals surface area contributed by atoms with Crippen molar-refractivity contribution in [3.8, 4) is 5.75 Å². The highest BCUT2D eigenvalue weighted by Crippen LogP contribution is 2.32. The van der Waals surface area contributed by atoms with Crippen LogP contribution in [0.25, 0.3) is 6.08 Å². The maximum Gasteiger partial charge on any atom is 0.253 e. The lowest BCUT2D eigenvalue weighted by Crippen LogP contribution is -2.45. The summed E-state index contributed by atoms with van der Waals surface area (Å²) in [5, 5.41) is 0.613. The number of piperidine rings is 1. The van der Waals surface area contributed by atoms with Gasteiger partial charge in [-0.05, 0) is 37.1 Å². The molecular formula is C18H19ClN2O3. The Bertz CT molecular complexity index is 746. The molecule has 5 nitrogen and oxygen atoms in total. The van der Waals surface area contributed by atoms with E-state index in [0.29, 0.717) is 23.7 Å². The third-order valence-electron chi connectivity index (χ3n) is 5.21. The molecule has 6 heteroatoms. The predicted octanol–water partition coefficient (Wildman–Crippen LogP) is 2.19. The average Bonchev–Trinajstić information content (AvgIpc) is 2.87. The molecule has 2 bridgehead atoms. The number of hydrogen-bond donors (Lipinski definition) is 0. The van der Waals surface area contributed by atoms with Crippen LogP contribution in [0.1, 0.15) is 18.4 Å². The van der Waals surface area contributed by atoms with Crippen LogP contribution in [0.5, 0.6) is 5.75 Å². The summed E-state index contributed by atoms with van der Waals surface area (Å²) >= 11 is 6.03. The first-order chi connectivity index (χ1) is 11.5. The fourth-order valence-corrected chi connectivity index (χ4v) is 3.98. The largest absolute Gasteiger partial charge is 0.488 e. The lowest BCUT2D eigenvalue weighted by molar-refractivity contribution is -0.138. The lowest BCUT2D eigenvalue weighted by Gasteiger charge is -2.32. The average molecular weight is 347 g/mol. The van der Waals surface area contributed by atoms with E-state index in [-0.39, 0.29) is 30.4 Å². The minimum atomic E-state index is -0.0791. The molecule has 0 radical (unpaired) electrons. The Kier molecular flexibility index (Phi) is 3.76. The molecule has 3 saturated heterocycles. The number of ether oxygens (including phenoxy) is 1. The van der Waals surface area contributed by atoms with Crippen LogP contribution in [0.4, 0.5) is 0 Å². The van der Waals surface area contributed by atoms with Crippen molar-refractivity contribution in [3.05, 3.63) is 34.4 Å². The zero-order valence-electron chi connectivity index (χ0n) is 13.5. The van der Waals surface area contributed by atoms with Gasteiger partial charge in [-0.15, -0.1) is 0 Å². The van der Waals surface area contributed by atoms with Gasteiger partial charge in [-0.2, -0.15) is 0 Å². The predicted molar refractivity (Wildman–Crippen MR) is 90.8 cm³/mol. The highest BCUT2D eigenvalue weighted by atomic mass is 35.5. The second-order valence-electron chi connectivity index (χ2n) is 6.73. The van der Waals surface area contributed by atoms with E-state index in [9.17, 15) is 9.59 Å². The zero-order valence-corrected chi connectivity index (χ0v) is 14.3. The number of rotatable bonds is 1. The van der Waals surface area contributed by atoms with E-state index in [1.165, 1.54) is 0 Å². The highest BCUT2D eigenvalue weighted by Gasteiger charge is 2.40. The molecule has 4 aliphatic heterocycles. The molecule has 0 spiro atoms. The van der Waals surface area contributed by atoms with Gasteiger partial charge in [0.1, 0.15) is 12.4 Å². The van der Waals surface area contributed by atoms with Crippen LogP contribution in [0.3, 0.4) is 0 Å². The summed E-state index contributed by atoms with van der Waals surface area (Å²) in [6, 6.07) is 5.50. The van der Waals surface area contributed by atoms with Gasteiger partial charge in [-0.25, -0.2) is 0 Å². The summed E-state index contributed by atoms with van der Waals surface area (Å²) < 4.78 is 5.69. The smallest absolute Gasteiger partial charge is 0.253 e. The molecule has 5 rings (SSSR count). The van der Waals surface area contributed by atoms with Gasteiger partial charge in [0.2, 0.25) is 5.91 Å². The molecule has 24 heavy (non-hydrogen) atoms. The number of carbonyl (C=O) groups excluding carboxylic acids is 2. The molecule has 0 aliphatic carbocycles. The Morgan fingerprint density at radius 2 is 2.12 bits per heavy atom. The normalized spacial score (nSPS) is 25.8. The minimum Gasteiger partial charge on any atom is -0.488 e. The van der Waals surface area contributed by atoms with Gasteiger partial charge < -0.3 is 14.5 Å². The van der Waals surface area contributed by atoms with Gasteiger partial charge >= 0.3 is 0 Å². The first-order valence-corrected chi connectivity index (χ1v) is 8.59. The first-order valence-electron chi connectivity index (χ1n) is 8.22. The van der Waals surface area contributed by atoms with E-state index in [0.717, 1.165) is 24.2 Å². The SMILES string of the molecule is CN1C(=O)[C@@H]2CC[C@H]1CN(C(=O)C1=Cc3cc(Cl)ccc3OC1)C2. The van der Waals surface area contributed by atoms with E-state index in [4.69, 9.17) is 16.3 Å². The Hall–Kier alpha value is -2.01. The van der Waals surface area contributed by atoms with E-state index in [1.54, 1.807) is 12.1 Å². The number of benzene rings is 1. The summed E-state index contributed by atoms with van der Waals surface area (Å²) in [4.78, 5) is 28.9. The zero-order chi connectivity index (χ0) is 16.8. The van der Waals surface area contributed by atoms with Crippen LogP contribution in [-0.2, 0) is 9.59 Å². The number of fused-ring (bicyclic) bond motifs is 5. The molecular weight excluding hydrogens is 328 g/mol. The van der Waals surface area contributed by atoms with Crippen molar-refractivity contribution in [2.75, 3.05) is 26.7 Å². The summed E-state index contributed by atoms with van der Waals surface area (Å²) in [6.45, 7) is 1.35. The maximum absolute atomic E-state index is 12.9. The number of hydrogen-bond acceptors (Lipinski definition) is 3. The van der Waals surface area contributed by atoms with Gasteiger partial charge in [0, 0.05) is 36.8 Å². The Balaban J connectivity index is 1.59. The molecule has 1 aromatic carbocycles. The number of likely N-dealkylation sites (N-methyl/N-ethyl adjacent to an activating group) is 1. The van der Waals surface area contributed by atoms with E-state index < -0.39 is 0 Å². The molecule has 0 aromatic heterocycles. The van der Waals surface area contributed by atoms with Crippen LogP contribution < -0.4 is 4.74 Å². The molecule has 2 amide bonds. The van der Waals surface area contributed by atoms with Gasteiger partial charge in [-0.3, -0.25) is 9.59 Å². The third kappa shape index (κ3) is 2.57. The maximum atomic E-state index is 12.9. The van der Waals surface area contributed by atoms with Gasteiger partial charge in [0.15, 0.2) is 0 Å². The van der Waals surface area contributed by atoms with Crippen LogP contribution in [0, 0.1) is 5.92 Å². The second-order valence-corrected chi connectivity index (χ2v) is 7.16. The standard InChI is InChI=1S/C18H19ClN2O3/c1-20-15-4-2-11(17(20)22)8-21(9-15)18(23)13-6-12-7-14(19)3-5-16(12)24-10-13/h3,5-7,11,15H,2,4,8-10H2,1H3/t11-,15+/m1/s1. The van der Waals surface area contributed by atoms with E-state index >= 15 is 0 Å². The van der Waals surface area contributed by atoms with Crippen LogP contribution in [0.2, 0.25) is 5.02 Å². The number of nitrogens with zero attached hydrogens (tertiary/aromatic N) is 2. The van der Waals surface area contributed by atoms with Crippen molar-refractivity contribution in [2.45, 2.75) is 18.9 Å². The van der Waals surface area contributed by atoms with Crippen molar-refractivity contribution in [2.24, 2.45) is 5.92 Å². The molecule has 2 atom stereocenters. The molecule has 0 N–H and O–H groups in total. The molecule has 0 saturated carbocycles. The van der Waals surface area contributed by atoms with Crippen molar-refractivity contribution in [3.63, 3.8) is 0 Å². The molecule has 0 unspecified atom stereocenters. The highest BCUT2D eigenvalue weighted by molar-refractivity contribution is 6.30. The monoisotopic (exact) mass is 346 g/mol. The van der Waals surface area contributed by atoms with Crippen LogP contribution >= 0.6 is 11.6 Å².